The lowest BCUT2D eigenvalue weighted by Crippen LogP contribution is -2.34. The van der Waals surface area contributed by atoms with Crippen LogP contribution in [0.15, 0.2) is 41.0 Å². The van der Waals surface area contributed by atoms with Gasteiger partial charge in [0.05, 0.1) is 5.56 Å². The van der Waals surface area contributed by atoms with Gasteiger partial charge in [-0.3, -0.25) is 9.59 Å². The Labute approximate surface area is 150 Å². The first-order chi connectivity index (χ1) is 12.4. The molecule has 2 N–H and O–H groups in total. The van der Waals surface area contributed by atoms with E-state index >= 15 is 0 Å². The van der Waals surface area contributed by atoms with Crippen molar-refractivity contribution in [3.05, 3.63) is 47.9 Å². The molecule has 0 saturated carbocycles. The zero-order valence-electron chi connectivity index (χ0n) is 14.5. The van der Waals surface area contributed by atoms with Gasteiger partial charge >= 0.3 is 5.97 Å². The number of nitrogens with one attached hydrogen (secondary N) is 1. The average Bonchev–Trinajstić information content (AvgIpc) is 3.12. The standard InChI is InChI=1S/C18H20N2O6/c1-3-20(4-2)16(21)11-25-14-7-5-6-13(9-14)19-17(22)15-8-12(10-26-15)18(23)24/h5-10H,3-4,11H2,1-2H3,(H,19,22)(H,23,24). The highest BCUT2D eigenvalue weighted by molar-refractivity contribution is 6.03. The van der Waals surface area contributed by atoms with Crippen LogP contribution in [0.3, 0.4) is 0 Å². The molecule has 0 radical (unpaired) electrons. The lowest BCUT2D eigenvalue weighted by Gasteiger charge is -2.18. The van der Waals surface area contributed by atoms with E-state index in [1.54, 1.807) is 29.2 Å². The second-order valence-corrected chi connectivity index (χ2v) is 5.34. The number of carboxylic acid groups (broad SMARTS) is 1. The summed E-state index contributed by atoms with van der Waals surface area (Å²) >= 11 is 0. The fourth-order valence-electron chi connectivity index (χ4n) is 2.24. The summed E-state index contributed by atoms with van der Waals surface area (Å²) in [5.41, 5.74) is 0.318. The fraction of sp³-hybridized carbons (Fsp3) is 0.278. The van der Waals surface area contributed by atoms with E-state index in [1.807, 2.05) is 13.8 Å². The van der Waals surface area contributed by atoms with Crippen molar-refractivity contribution in [2.75, 3.05) is 25.0 Å². The second kappa shape index (κ2) is 8.70. The predicted molar refractivity (Wildman–Crippen MR) is 93.5 cm³/mol. The molecule has 0 bridgehead atoms. The molecule has 0 unspecified atom stereocenters. The number of rotatable bonds is 8. The number of likely N-dealkylation sites (N-methyl/N-ethyl adjacent to an activating group) is 1. The molecule has 8 nitrogen and oxygen atoms in total. The molecule has 0 aliphatic rings. The van der Waals surface area contributed by atoms with Crippen molar-refractivity contribution in [2.24, 2.45) is 0 Å². The number of benzene rings is 1. The van der Waals surface area contributed by atoms with Gasteiger partial charge in [0, 0.05) is 30.9 Å². The molecule has 2 aromatic rings. The predicted octanol–water partition coefficient (Wildman–Crippen LogP) is 2.48. The number of carboxylic acids is 1. The van der Waals surface area contributed by atoms with Crippen molar-refractivity contribution in [3.8, 4) is 5.75 Å². The van der Waals surface area contributed by atoms with Crippen molar-refractivity contribution in [3.63, 3.8) is 0 Å². The van der Waals surface area contributed by atoms with Crippen LogP contribution in [0.5, 0.6) is 5.75 Å². The summed E-state index contributed by atoms with van der Waals surface area (Å²) in [6.45, 7) is 4.90. The maximum atomic E-state index is 12.1. The molecule has 0 aliphatic carbocycles. The molecule has 26 heavy (non-hydrogen) atoms. The van der Waals surface area contributed by atoms with Gasteiger partial charge < -0.3 is 24.5 Å². The minimum atomic E-state index is -1.18. The van der Waals surface area contributed by atoms with E-state index in [0.29, 0.717) is 24.5 Å². The lowest BCUT2D eigenvalue weighted by molar-refractivity contribution is -0.132. The number of carbonyl (C=O) groups excluding carboxylic acids is 2. The molecule has 1 aromatic carbocycles. The van der Waals surface area contributed by atoms with Gasteiger partial charge in [0.1, 0.15) is 12.0 Å². The van der Waals surface area contributed by atoms with E-state index in [0.717, 1.165) is 12.3 Å². The summed E-state index contributed by atoms with van der Waals surface area (Å²) in [5.74, 6) is -1.59. The van der Waals surface area contributed by atoms with Crippen LogP contribution in [0.4, 0.5) is 5.69 Å². The number of nitrogens with zero attached hydrogens (tertiary/aromatic N) is 1. The Kier molecular flexibility index (Phi) is 6.37. The molecule has 1 heterocycles. The normalized spacial score (nSPS) is 10.2. The molecule has 0 spiro atoms. The zero-order valence-corrected chi connectivity index (χ0v) is 14.5. The molecule has 0 atom stereocenters. The summed E-state index contributed by atoms with van der Waals surface area (Å²) in [5, 5.41) is 11.4. The summed E-state index contributed by atoms with van der Waals surface area (Å²) in [6, 6.07) is 7.67. The Morgan fingerprint density at radius 1 is 1.19 bits per heavy atom. The van der Waals surface area contributed by atoms with Gasteiger partial charge in [0.25, 0.3) is 11.8 Å². The summed E-state index contributed by atoms with van der Waals surface area (Å²) in [4.78, 5) is 36.5. The molecular formula is C18H20N2O6. The molecule has 1 aromatic heterocycles. The number of anilines is 1. The summed E-state index contributed by atoms with van der Waals surface area (Å²) in [6.07, 6.45) is 0.996. The van der Waals surface area contributed by atoms with E-state index in [4.69, 9.17) is 14.3 Å². The molecule has 0 fully saturated rings. The number of furan rings is 1. The van der Waals surface area contributed by atoms with Crippen LogP contribution in [-0.2, 0) is 4.79 Å². The highest BCUT2D eigenvalue weighted by atomic mass is 16.5. The fourth-order valence-corrected chi connectivity index (χ4v) is 2.24. The third kappa shape index (κ3) is 4.85. The van der Waals surface area contributed by atoms with Crippen LogP contribution < -0.4 is 10.1 Å². The third-order valence-electron chi connectivity index (χ3n) is 3.64. The Morgan fingerprint density at radius 3 is 2.54 bits per heavy atom. The number of hydrogen-bond acceptors (Lipinski definition) is 5. The largest absolute Gasteiger partial charge is 0.484 e. The SMILES string of the molecule is CCN(CC)C(=O)COc1cccc(NC(=O)c2cc(C(=O)O)co2)c1. The van der Waals surface area contributed by atoms with Crippen LogP contribution in [0.1, 0.15) is 34.8 Å². The first kappa shape index (κ1) is 19.0. The highest BCUT2D eigenvalue weighted by Crippen LogP contribution is 2.19. The van der Waals surface area contributed by atoms with Crippen LogP contribution in [0, 0.1) is 0 Å². The number of hydrogen-bond donors (Lipinski definition) is 2. The van der Waals surface area contributed by atoms with E-state index in [1.165, 1.54) is 0 Å². The molecule has 0 aliphatic heterocycles. The third-order valence-corrected chi connectivity index (χ3v) is 3.64. The summed E-state index contributed by atoms with van der Waals surface area (Å²) in [7, 11) is 0. The van der Waals surface area contributed by atoms with Gasteiger partial charge in [-0.2, -0.15) is 0 Å². The number of ether oxygens (including phenoxy) is 1. The quantitative estimate of drug-likeness (QED) is 0.748. The molecule has 2 amide bonds. The minimum Gasteiger partial charge on any atom is -0.484 e. The molecular weight excluding hydrogens is 340 g/mol. The van der Waals surface area contributed by atoms with Crippen LogP contribution in [0.25, 0.3) is 0 Å². The minimum absolute atomic E-state index is 0.0980. The smallest absolute Gasteiger partial charge is 0.338 e. The van der Waals surface area contributed by atoms with E-state index in [2.05, 4.69) is 5.32 Å². The maximum Gasteiger partial charge on any atom is 0.338 e. The van der Waals surface area contributed by atoms with Gasteiger partial charge in [0.2, 0.25) is 0 Å². The first-order valence-corrected chi connectivity index (χ1v) is 8.08. The Hall–Kier alpha value is -3.29. The molecule has 0 saturated heterocycles. The molecule has 138 valence electrons. The lowest BCUT2D eigenvalue weighted by atomic mass is 10.2. The molecule has 2 rings (SSSR count). The zero-order chi connectivity index (χ0) is 19.1. The van der Waals surface area contributed by atoms with Crippen molar-refractivity contribution in [2.45, 2.75) is 13.8 Å². The van der Waals surface area contributed by atoms with E-state index in [-0.39, 0.29) is 23.8 Å². The van der Waals surface area contributed by atoms with Gasteiger partial charge in [-0.25, -0.2) is 4.79 Å². The van der Waals surface area contributed by atoms with Crippen LogP contribution >= 0.6 is 0 Å². The Balaban J connectivity index is 1.98. The van der Waals surface area contributed by atoms with Crippen molar-refractivity contribution >= 4 is 23.5 Å². The topological polar surface area (TPSA) is 109 Å². The monoisotopic (exact) mass is 360 g/mol. The van der Waals surface area contributed by atoms with Gasteiger partial charge in [-0.1, -0.05) is 6.07 Å². The summed E-state index contributed by atoms with van der Waals surface area (Å²) < 4.78 is 10.4. The molecule has 8 heteroatoms. The Bertz CT molecular complexity index is 794. The van der Waals surface area contributed by atoms with Crippen LogP contribution in [0.2, 0.25) is 0 Å². The highest BCUT2D eigenvalue weighted by Gasteiger charge is 2.15. The maximum absolute atomic E-state index is 12.1. The number of carbonyl (C=O) groups is 3. The average molecular weight is 360 g/mol. The van der Waals surface area contributed by atoms with Gasteiger partial charge in [-0.15, -0.1) is 0 Å². The number of amides is 2. The first-order valence-electron chi connectivity index (χ1n) is 8.08. The van der Waals surface area contributed by atoms with E-state index in [9.17, 15) is 14.4 Å². The van der Waals surface area contributed by atoms with Gasteiger partial charge in [-0.05, 0) is 26.0 Å². The Morgan fingerprint density at radius 2 is 1.92 bits per heavy atom. The second-order valence-electron chi connectivity index (χ2n) is 5.34. The van der Waals surface area contributed by atoms with E-state index < -0.39 is 11.9 Å². The number of aromatic carboxylic acids is 1. The van der Waals surface area contributed by atoms with Crippen molar-refractivity contribution < 1.29 is 28.6 Å². The van der Waals surface area contributed by atoms with Crippen molar-refractivity contribution in [1.29, 1.82) is 0 Å². The van der Waals surface area contributed by atoms with Crippen LogP contribution in [-0.4, -0.2) is 47.5 Å². The van der Waals surface area contributed by atoms with Crippen molar-refractivity contribution in [1.82, 2.24) is 4.90 Å². The van der Waals surface area contributed by atoms with Gasteiger partial charge in [0.15, 0.2) is 12.4 Å².